The van der Waals surface area contributed by atoms with Crippen molar-refractivity contribution in [3.8, 4) is 5.75 Å². The first-order valence-electron chi connectivity index (χ1n) is 10.7. The molecule has 2 aromatic rings. The summed E-state index contributed by atoms with van der Waals surface area (Å²) in [6.45, 7) is 3.78. The van der Waals surface area contributed by atoms with Crippen molar-refractivity contribution in [3.63, 3.8) is 0 Å². The van der Waals surface area contributed by atoms with Gasteiger partial charge in [-0.15, -0.1) is 0 Å². The molecule has 0 saturated carbocycles. The van der Waals surface area contributed by atoms with Crippen LogP contribution in [0.1, 0.15) is 13.8 Å². The Balaban J connectivity index is 1.35. The van der Waals surface area contributed by atoms with Crippen LogP contribution in [-0.4, -0.2) is 52.5 Å². The third-order valence-electron chi connectivity index (χ3n) is 6.99. The Hall–Kier alpha value is -3.45. The van der Waals surface area contributed by atoms with Crippen LogP contribution in [0.3, 0.4) is 0 Å². The van der Waals surface area contributed by atoms with Gasteiger partial charge in [0, 0.05) is 0 Å². The summed E-state index contributed by atoms with van der Waals surface area (Å²) in [5.74, 6) is -1.03. The Morgan fingerprint density at radius 1 is 0.906 bits per heavy atom. The van der Waals surface area contributed by atoms with Gasteiger partial charge in [0.05, 0.1) is 23.7 Å². The average Bonchev–Trinajstić information content (AvgIpc) is 3.21. The molecular weight excluding hydrogens is 408 g/mol. The van der Waals surface area contributed by atoms with E-state index < -0.39 is 29.8 Å². The molecule has 3 amide bonds. The molecule has 7 nitrogen and oxygen atoms in total. The summed E-state index contributed by atoms with van der Waals surface area (Å²) < 4.78 is 12.2. The van der Waals surface area contributed by atoms with Crippen LogP contribution in [0.4, 0.5) is 5.69 Å². The number of carbonyl (C=O) groups is 3. The molecule has 0 bridgehead atoms. The highest BCUT2D eigenvalue weighted by Gasteiger charge is 2.71. The van der Waals surface area contributed by atoms with Gasteiger partial charge in [0.2, 0.25) is 12.0 Å². The first kappa shape index (κ1) is 19.3. The Morgan fingerprint density at radius 2 is 1.56 bits per heavy atom. The Kier molecular flexibility index (Phi) is 3.93. The minimum Gasteiger partial charge on any atom is -0.478 e. The zero-order chi connectivity index (χ0) is 22.2. The van der Waals surface area contributed by atoms with Gasteiger partial charge in [-0.05, 0) is 49.8 Å². The molecule has 4 heterocycles. The van der Waals surface area contributed by atoms with Crippen molar-refractivity contribution in [1.82, 2.24) is 4.90 Å². The first-order chi connectivity index (χ1) is 15.4. The fraction of sp³-hybridized carbons (Fsp3) is 0.320. The Labute approximate surface area is 185 Å². The van der Waals surface area contributed by atoms with Crippen LogP contribution in [0.15, 0.2) is 72.3 Å². The van der Waals surface area contributed by atoms with E-state index in [1.807, 2.05) is 56.3 Å². The molecule has 7 heteroatoms. The van der Waals surface area contributed by atoms with E-state index in [-0.39, 0.29) is 23.8 Å². The van der Waals surface area contributed by atoms with Crippen LogP contribution in [0, 0.1) is 5.92 Å². The van der Waals surface area contributed by atoms with E-state index in [1.54, 1.807) is 29.2 Å². The second kappa shape index (κ2) is 6.53. The average molecular weight is 430 g/mol. The highest BCUT2D eigenvalue weighted by Crippen LogP contribution is 2.52. The van der Waals surface area contributed by atoms with Crippen LogP contribution in [0.2, 0.25) is 0 Å². The van der Waals surface area contributed by atoms with E-state index in [0.29, 0.717) is 11.4 Å². The number of fused-ring (bicyclic) bond motifs is 5. The van der Waals surface area contributed by atoms with Crippen molar-refractivity contribution in [2.75, 3.05) is 4.90 Å². The number of nitrogens with zero attached hydrogens (tertiary/aromatic N) is 2. The van der Waals surface area contributed by atoms with Crippen molar-refractivity contribution in [2.45, 2.75) is 43.7 Å². The third kappa shape index (κ3) is 2.42. The summed E-state index contributed by atoms with van der Waals surface area (Å²) in [6.07, 6.45) is 0.385. The molecule has 32 heavy (non-hydrogen) atoms. The minimum absolute atomic E-state index is 0.190. The maximum Gasteiger partial charge on any atom is 0.267 e. The number of hydrogen-bond acceptors (Lipinski definition) is 5. The highest BCUT2D eigenvalue weighted by molar-refractivity contribution is 6.24. The third-order valence-corrected chi connectivity index (χ3v) is 6.99. The summed E-state index contributed by atoms with van der Waals surface area (Å²) >= 11 is 0. The van der Waals surface area contributed by atoms with Crippen LogP contribution >= 0.6 is 0 Å². The largest absolute Gasteiger partial charge is 0.478 e. The second-order valence-electron chi connectivity index (χ2n) is 8.97. The zero-order valence-electron chi connectivity index (χ0n) is 17.7. The smallest absolute Gasteiger partial charge is 0.267 e. The predicted octanol–water partition coefficient (Wildman–Crippen LogP) is 2.32. The first-order valence-corrected chi connectivity index (χ1v) is 10.7. The van der Waals surface area contributed by atoms with Gasteiger partial charge in [-0.2, -0.15) is 0 Å². The van der Waals surface area contributed by atoms with Gasteiger partial charge in [0.25, 0.3) is 11.8 Å². The Bertz CT molecular complexity index is 1160. The predicted molar refractivity (Wildman–Crippen MR) is 115 cm³/mol. The van der Waals surface area contributed by atoms with Gasteiger partial charge in [0.15, 0.2) is 6.10 Å². The minimum atomic E-state index is -0.914. The second-order valence-corrected chi connectivity index (χ2v) is 8.97. The lowest BCUT2D eigenvalue weighted by Crippen LogP contribution is -2.75. The molecule has 0 radical (unpaired) electrons. The van der Waals surface area contributed by atoms with Crippen LogP contribution in [0.25, 0.3) is 0 Å². The van der Waals surface area contributed by atoms with Crippen LogP contribution in [0.5, 0.6) is 5.75 Å². The Morgan fingerprint density at radius 3 is 2.25 bits per heavy atom. The molecule has 0 N–H and O–H groups in total. The maximum absolute atomic E-state index is 13.5. The van der Waals surface area contributed by atoms with Crippen LogP contribution < -0.4 is 9.64 Å². The van der Waals surface area contributed by atoms with Crippen molar-refractivity contribution in [1.29, 1.82) is 0 Å². The molecule has 3 fully saturated rings. The number of imide groups is 1. The normalized spacial score (nSPS) is 35.1. The van der Waals surface area contributed by atoms with Crippen molar-refractivity contribution in [3.05, 3.63) is 72.3 Å². The topological polar surface area (TPSA) is 76.2 Å². The number of β-lactam (4-membered cyclic amide) rings is 1. The van der Waals surface area contributed by atoms with Crippen molar-refractivity contribution < 1.29 is 23.9 Å². The number of para-hydroxylation sites is 2. The fourth-order valence-electron chi connectivity index (χ4n) is 5.74. The van der Waals surface area contributed by atoms with Gasteiger partial charge < -0.3 is 14.4 Å². The molecule has 0 aliphatic carbocycles. The van der Waals surface area contributed by atoms with Crippen molar-refractivity contribution in [2.24, 2.45) is 5.92 Å². The molecule has 6 atom stereocenters. The summed E-state index contributed by atoms with van der Waals surface area (Å²) in [6, 6.07) is 17.2. The quantitative estimate of drug-likeness (QED) is 0.424. The number of benzene rings is 2. The highest BCUT2D eigenvalue weighted by atomic mass is 16.5. The lowest BCUT2D eigenvalue weighted by molar-refractivity contribution is -0.174. The van der Waals surface area contributed by atoms with E-state index >= 15 is 0 Å². The molecule has 2 aromatic carbocycles. The molecule has 0 unspecified atom stereocenters. The number of rotatable bonds is 3. The fourth-order valence-corrected chi connectivity index (χ4v) is 5.74. The van der Waals surface area contributed by atoms with Crippen LogP contribution in [-0.2, 0) is 19.1 Å². The van der Waals surface area contributed by atoms with Gasteiger partial charge >= 0.3 is 0 Å². The number of ether oxygens (including phenoxy) is 2. The molecule has 4 aliphatic heterocycles. The lowest BCUT2D eigenvalue weighted by Gasteiger charge is -2.56. The van der Waals surface area contributed by atoms with Gasteiger partial charge in [-0.3, -0.25) is 14.4 Å². The standard InChI is InChI=1S/C25H22N2O5/c1-14-13-25(2)21(27-18(14)20(24(27)30)31-16-11-7-4-8-12-16)17-19(32-25)23(29)26(22(17)28)15-9-5-3-6-10-15/h3-13,17-21H,1-2H3/t17-,18+,19-,20+,21-,25-/m0/s1. The number of hydrogen-bond donors (Lipinski definition) is 0. The van der Waals surface area contributed by atoms with E-state index in [1.165, 1.54) is 4.90 Å². The molecular formula is C25H22N2O5. The molecule has 4 aliphatic rings. The lowest BCUT2D eigenvalue weighted by atomic mass is 9.74. The molecule has 0 aromatic heterocycles. The summed E-state index contributed by atoms with van der Waals surface area (Å²) in [5, 5.41) is 0. The van der Waals surface area contributed by atoms with E-state index in [2.05, 4.69) is 0 Å². The van der Waals surface area contributed by atoms with Gasteiger partial charge in [-0.1, -0.05) is 36.4 Å². The van der Waals surface area contributed by atoms with E-state index in [4.69, 9.17) is 9.47 Å². The number of anilines is 1. The van der Waals surface area contributed by atoms with Gasteiger partial charge in [0.1, 0.15) is 11.4 Å². The zero-order valence-corrected chi connectivity index (χ0v) is 17.7. The number of carbonyl (C=O) groups excluding carboxylic acids is 3. The molecule has 162 valence electrons. The monoisotopic (exact) mass is 430 g/mol. The molecule has 0 spiro atoms. The maximum atomic E-state index is 13.5. The summed E-state index contributed by atoms with van der Waals surface area (Å²) in [7, 11) is 0. The number of amides is 3. The van der Waals surface area contributed by atoms with E-state index in [9.17, 15) is 14.4 Å². The summed E-state index contributed by atoms with van der Waals surface area (Å²) in [5.41, 5.74) is 0.544. The van der Waals surface area contributed by atoms with Gasteiger partial charge in [-0.25, -0.2) is 4.90 Å². The molecule has 6 rings (SSSR count). The molecule has 3 saturated heterocycles. The summed E-state index contributed by atoms with van der Waals surface area (Å²) in [4.78, 5) is 42.8. The van der Waals surface area contributed by atoms with E-state index in [0.717, 1.165) is 5.57 Å². The van der Waals surface area contributed by atoms with Crippen molar-refractivity contribution >= 4 is 23.4 Å². The SMILES string of the molecule is CC1=C[C@]2(C)O[C@@H]3C(=O)N(c4ccccc4)C(=O)[C@@H]3[C@@H]2N2C(=O)[C@H](Oc3ccccc3)[C@@H]12.